The first-order chi connectivity index (χ1) is 44.1. The van der Waals surface area contributed by atoms with E-state index in [1.54, 1.807) is 26.8 Å². The molecule has 2 aliphatic rings. The summed E-state index contributed by atoms with van der Waals surface area (Å²) in [6, 6.07) is 44.7. The van der Waals surface area contributed by atoms with Crippen LogP contribution in [0.15, 0.2) is 139 Å². The molecule has 93 heavy (non-hydrogen) atoms. The van der Waals surface area contributed by atoms with Crippen molar-refractivity contribution in [3.8, 4) is 28.7 Å². The largest absolute Gasteiger partial charge is 0.481 e. The molecule has 0 amide bonds. The summed E-state index contributed by atoms with van der Waals surface area (Å²) in [5.41, 5.74) is 11.9. The smallest absolute Gasteiger partial charge is 0.349 e. The summed E-state index contributed by atoms with van der Waals surface area (Å²) < 4.78 is 50.3. The number of hydrogen-bond acceptors (Lipinski definition) is 14. The summed E-state index contributed by atoms with van der Waals surface area (Å²) in [5, 5.41) is 7.24. The summed E-state index contributed by atoms with van der Waals surface area (Å²) >= 11 is 0. The molecular formula is C79H92N2O12. The lowest BCUT2D eigenvalue weighted by atomic mass is 9.79. The van der Waals surface area contributed by atoms with Gasteiger partial charge in [0.2, 0.25) is 0 Å². The van der Waals surface area contributed by atoms with E-state index in [1.807, 2.05) is 71.7 Å². The van der Waals surface area contributed by atoms with Crippen LogP contribution in [0.4, 0.5) is 5.69 Å². The maximum absolute atomic E-state index is 14.9. The Morgan fingerprint density at radius 2 is 0.710 bits per heavy atom. The SMILES string of the molecule is CCOC(=O)COc1c2cc(C(C)(C)C)cc1Cc1cc(C(C)(C)C)cc(c1OCC(=O)OCC)Cc1cc(C(C)(C)C)cc(c1OCC(=O)Oc1ccccc1C1=NN(c3ccccc3)C(c3ccccc3)C1)Cc1cc(C(C)(C)C)cc(c1OCC(=O)OCC)C2. The van der Waals surface area contributed by atoms with Crippen LogP contribution in [0, 0.1) is 0 Å². The predicted molar refractivity (Wildman–Crippen MR) is 365 cm³/mol. The fourth-order valence-electron chi connectivity index (χ4n) is 11.9. The van der Waals surface area contributed by atoms with Gasteiger partial charge in [0.05, 0.1) is 37.3 Å². The van der Waals surface area contributed by atoms with Crippen molar-refractivity contribution in [2.45, 2.75) is 164 Å². The monoisotopic (exact) mass is 1260 g/mol. The van der Waals surface area contributed by atoms with Crippen LogP contribution in [0.3, 0.4) is 0 Å². The number of hydrogen-bond donors (Lipinski definition) is 0. The normalized spacial score (nSPS) is 14.2. The molecule has 0 radical (unpaired) electrons. The molecule has 0 N–H and O–H groups in total. The number of benzene rings is 7. The van der Waals surface area contributed by atoms with E-state index < -0.39 is 46.7 Å². The molecule has 490 valence electrons. The highest BCUT2D eigenvalue weighted by Crippen LogP contribution is 2.45. The number of carbonyl (C=O) groups excluding carboxylic acids is 4. The summed E-state index contributed by atoms with van der Waals surface area (Å²) in [5.74, 6) is -0.0264. The first kappa shape index (κ1) is 68.5. The van der Waals surface area contributed by atoms with Crippen LogP contribution in [0.1, 0.15) is 194 Å². The standard InChI is InChI=1S/C79H92N2O12/c1-16-86-68(82)46-89-72-51-33-53-39-60(77(7,8)9)41-55(73(53)90-47-69(83)87-17-2)35-57-43-62(79(13,14)15)44-58(36-56-42-61(78(10,11)12)40-54(74(56)91-48-70(84)88-18-3)34-52(72)38-59(37-51)76(4,5)6)75(57)92-49-71(85)93-67-32-26-25-31-64(67)65-45-66(50-27-21-19-22-28-50)81(80-65)63-29-23-20-24-30-63/h19-32,37-44,66H,16-18,33-36,45-49H2,1-15H3. The van der Waals surface area contributed by atoms with E-state index in [2.05, 4.69) is 144 Å². The van der Waals surface area contributed by atoms with E-state index in [1.165, 1.54) is 0 Å². The molecule has 0 saturated carbocycles. The van der Waals surface area contributed by atoms with Crippen LogP contribution in [0.5, 0.6) is 28.7 Å². The van der Waals surface area contributed by atoms with Gasteiger partial charge in [-0.25, -0.2) is 19.2 Å². The molecule has 1 atom stereocenters. The molecule has 14 nitrogen and oxygen atoms in total. The maximum Gasteiger partial charge on any atom is 0.349 e. The summed E-state index contributed by atoms with van der Waals surface area (Å²) in [6.07, 6.45) is 1.43. The molecule has 7 aromatic rings. The number of ether oxygens (including phenoxy) is 8. The Hall–Kier alpha value is -8.91. The molecule has 14 heteroatoms. The number of fused-ring (bicyclic) bond motifs is 8. The lowest BCUT2D eigenvalue weighted by Crippen LogP contribution is -2.22. The van der Waals surface area contributed by atoms with Crippen LogP contribution >= 0.6 is 0 Å². The fraction of sp³-hybridized carbons (Fsp3) is 0.405. The Kier molecular flexibility index (Phi) is 21.3. The number of para-hydroxylation sites is 2. The minimum Gasteiger partial charge on any atom is -0.481 e. The number of nitrogens with zero attached hydrogens (tertiary/aromatic N) is 2. The van der Waals surface area contributed by atoms with Gasteiger partial charge in [0.15, 0.2) is 26.4 Å². The van der Waals surface area contributed by atoms with E-state index in [0.717, 1.165) is 83.7 Å². The second-order valence-electron chi connectivity index (χ2n) is 28.1. The van der Waals surface area contributed by atoms with Gasteiger partial charge in [-0.05, 0) is 139 Å². The van der Waals surface area contributed by atoms with Gasteiger partial charge >= 0.3 is 23.9 Å². The topological polar surface area (TPSA) is 158 Å². The first-order valence-corrected chi connectivity index (χ1v) is 32.5. The van der Waals surface area contributed by atoms with Crippen LogP contribution in [0.25, 0.3) is 0 Å². The quantitative estimate of drug-likeness (QED) is 0.0428. The second-order valence-corrected chi connectivity index (χ2v) is 28.1. The fourth-order valence-corrected chi connectivity index (χ4v) is 11.9. The molecular weight excluding hydrogens is 1170 g/mol. The molecule has 1 heterocycles. The summed E-state index contributed by atoms with van der Waals surface area (Å²) in [4.78, 5) is 55.3. The first-order valence-electron chi connectivity index (χ1n) is 32.5. The van der Waals surface area contributed by atoms with Gasteiger partial charge < -0.3 is 37.9 Å². The molecule has 0 saturated heterocycles. The Labute approximate surface area is 549 Å². The Bertz CT molecular complexity index is 3740. The molecule has 7 aromatic carbocycles. The zero-order valence-electron chi connectivity index (χ0n) is 57.1. The van der Waals surface area contributed by atoms with Gasteiger partial charge in [0, 0.05) is 37.7 Å². The Balaban J connectivity index is 1.27. The van der Waals surface area contributed by atoms with Crippen molar-refractivity contribution < 1.29 is 57.1 Å². The lowest BCUT2D eigenvalue weighted by Gasteiger charge is -2.29. The lowest BCUT2D eigenvalue weighted by molar-refractivity contribution is -0.146. The molecule has 1 aliphatic heterocycles. The highest BCUT2D eigenvalue weighted by atomic mass is 16.6. The third-order valence-corrected chi connectivity index (χ3v) is 16.7. The van der Waals surface area contributed by atoms with Crippen LogP contribution < -0.4 is 28.7 Å². The highest BCUT2D eigenvalue weighted by Gasteiger charge is 2.34. The Morgan fingerprint density at radius 3 is 1.03 bits per heavy atom. The van der Waals surface area contributed by atoms with Gasteiger partial charge in [0.25, 0.3) is 0 Å². The third kappa shape index (κ3) is 17.0. The van der Waals surface area contributed by atoms with Gasteiger partial charge in [-0.1, -0.05) is 192 Å². The highest BCUT2D eigenvalue weighted by molar-refractivity contribution is 6.06. The van der Waals surface area contributed by atoms with E-state index in [4.69, 9.17) is 43.0 Å². The number of rotatable bonds is 19. The second kappa shape index (κ2) is 28.9. The zero-order chi connectivity index (χ0) is 67.0. The molecule has 9 rings (SSSR count). The van der Waals surface area contributed by atoms with Crippen molar-refractivity contribution in [2.75, 3.05) is 51.3 Å². The van der Waals surface area contributed by atoms with Crippen LogP contribution in [-0.2, 0) is 80.7 Å². The minimum absolute atomic E-state index is 0.111. The van der Waals surface area contributed by atoms with Crippen LogP contribution in [-0.4, -0.2) is 75.8 Å². The maximum atomic E-state index is 14.9. The van der Waals surface area contributed by atoms with E-state index >= 15 is 0 Å². The molecule has 0 aromatic heterocycles. The van der Waals surface area contributed by atoms with E-state index in [9.17, 15) is 19.2 Å². The molecule has 0 fully saturated rings. The number of esters is 4. The molecule has 1 aliphatic carbocycles. The summed E-state index contributed by atoms with van der Waals surface area (Å²) in [7, 11) is 0. The van der Waals surface area contributed by atoms with Gasteiger partial charge in [-0.3, -0.25) is 5.01 Å². The Morgan fingerprint density at radius 1 is 0.409 bits per heavy atom. The van der Waals surface area contributed by atoms with E-state index in [0.29, 0.717) is 40.7 Å². The van der Waals surface area contributed by atoms with Gasteiger partial charge in [0.1, 0.15) is 28.7 Å². The molecule has 8 bridgehead atoms. The van der Waals surface area contributed by atoms with Crippen molar-refractivity contribution in [2.24, 2.45) is 5.10 Å². The van der Waals surface area contributed by atoms with Crippen molar-refractivity contribution in [1.82, 2.24) is 0 Å². The van der Waals surface area contributed by atoms with Crippen molar-refractivity contribution >= 4 is 35.3 Å². The van der Waals surface area contributed by atoms with E-state index in [-0.39, 0.29) is 76.8 Å². The minimum atomic E-state index is -0.637. The van der Waals surface area contributed by atoms with Gasteiger partial charge in [-0.2, -0.15) is 5.10 Å². The molecule has 1 unspecified atom stereocenters. The predicted octanol–water partition coefficient (Wildman–Crippen LogP) is 15.7. The van der Waals surface area contributed by atoms with Crippen LogP contribution in [0.2, 0.25) is 0 Å². The zero-order valence-corrected chi connectivity index (χ0v) is 57.1. The molecule has 0 spiro atoms. The average Bonchev–Trinajstić information content (AvgIpc) is 0.984. The number of carbonyl (C=O) groups is 4. The van der Waals surface area contributed by atoms with Gasteiger partial charge in [-0.15, -0.1) is 0 Å². The third-order valence-electron chi connectivity index (χ3n) is 16.7. The number of anilines is 1. The number of hydrazone groups is 1. The summed E-state index contributed by atoms with van der Waals surface area (Å²) in [6.45, 7) is 30.1. The van der Waals surface area contributed by atoms with Crippen molar-refractivity contribution in [3.05, 3.63) is 211 Å². The van der Waals surface area contributed by atoms with Crippen molar-refractivity contribution in [3.63, 3.8) is 0 Å². The van der Waals surface area contributed by atoms with Crippen molar-refractivity contribution in [1.29, 1.82) is 0 Å². The average molecular weight is 1260 g/mol.